The molecule has 1 aromatic heterocycles. The van der Waals surface area contributed by atoms with Crippen LogP contribution in [0.5, 0.6) is 11.5 Å². The van der Waals surface area contributed by atoms with Gasteiger partial charge in [-0.3, -0.25) is 0 Å². The molecule has 0 radical (unpaired) electrons. The van der Waals surface area contributed by atoms with E-state index in [2.05, 4.69) is 45.5 Å². The van der Waals surface area contributed by atoms with E-state index in [-0.39, 0.29) is 6.04 Å². The van der Waals surface area contributed by atoms with Gasteiger partial charge in [-0.15, -0.1) is 11.3 Å². The number of nitrogens with one attached hydrogen (secondary N) is 1. The fourth-order valence-electron chi connectivity index (χ4n) is 2.32. The van der Waals surface area contributed by atoms with Crippen molar-refractivity contribution in [3.8, 4) is 11.5 Å². The predicted molar refractivity (Wildman–Crippen MR) is 85.0 cm³/mol. The van der Waals surface area contributed by atoms with Crippen molar-refractivity contribution >= 4 is 27.3 Å². The van der Waals surface area contributed by atoms with Crippen LogP contribution in [0.3, 0.4) is 0 Å². The summed E-state index contributed by atoms with van der Waals surface area (Å²) in [6.45, 7) is 1.44. The van der Waals surface area contributed by atoms with E-state index in [1.54, 1.807) is 11.3 Å². The highest BCUT2D eigenvalue weighted by molar-refractivity contribution is 9.11. The summed E-state index contributed by atoms with van der Waals surface area (Å²) in [4.78, 5) is 1.27. The summed E-state index contributed by atoms with van der Waals surface area (Å²) in [5, 5.41) is 3.36. The SMILES string of the molecule is CNC(c1ccc2c(c1)OCCCO2)c1ccc(Br)s1. The highest BCUT2D eigenvalue weighted by Gasteiger charge is 2.18. The van der Waals surface area contributed by atoms with Gasteiger partial charge in [0.05, 0.1) is 23.0 Å². The lowest BCUT2D eigenvalue weighted by Gasteiger charge is -2.17. The topological polar surface area (TPSA) is 30.5 Å². The van der Waals surface area contributed by atoms with Gasteiger partial charge in [-0.25, -0.2) is 0 Å². The first-order valence-electron chi connectivity index (χ1n) is 6.60. The van der Waals surface area contributed by atoms with Gasteiger partial charge >= 0.3 is 0 Å². The Morgan fingerprint density at radius 2 is 1.95 bits per heavy atom. The Morgan fingerprint density at radius 1 is 1.15 bits per heavy atom. The molecule has 3 nitrogen and oxygen atoms in total. The van der Waals surface area contributed by atoms with Crippen molar-refractivity contribution in [1.82, 2.24) is 5.32 Å². The predicted octanol–water partition coefficient (Wildman–Crippen LogP) is 3.98. The second kappa shape index (κ2) is 6.16. The molecule has 1 N–H and O–H groups in total. The highest BCUT2D eigenvalue weighted by Crippen LogP contribution is 2.36. The van der Waals surface area contributed by atoms with Gasteiger partial charge in [0.2, 0.25) is 0 Å². The number of thiophene rings is 1. The molecule has 1 aliphatic heterocycles. The quantitative estimate of drug-likeness (QED) is 0.905. The number of fused-ring (bicyclic) bond motifs is 1. The maximum Gasteiger partial charge on any atom is 0.161 e. The number of hydrogen-bond donors (Lipinski definition) is 1. The van der Waals surface area contributed by atoms with Gasteiger partial charge in [0.1, 0.15) is 0 Å². The zero-order valence-corrected chi connectivity index (χ0v) is 13.6. The first-order chi connectivity index (χ1) is 9.78. The van der Waals surface area contributed by atoms with Crippen molar-refractivity contribution in [2.24, 2.45) is 0 Å². The Hall–Kier alpha value is -1.04. The number of benzene rings is 1. The molecule has 3 rings (SSSR count). The Kier molecular flexibility index (Phi) is 4.29. The zero-order chi connectivity index (χ0) is 13.9. The number of hydrogen-bond acceptors (Lipinski definition) is 4. The molecule has 20 heavy (non-hydrogen) atoms. The first-order valence-corrected chi connectivity index (χ1v) is 8.21. The summed E-state index contributed by atoms with van der Waals surface area (Å²) < 4.78 is 12.6. The van der Waals surface area contributed by atoms with Crippen molar-refractivity contribution in [3.05, 3.63) is 44.6 Å². The Bertz CT molecular complexity index is 599. The molecular weight excluding hydrogens is 338 g/mol. The summed E-state index contributed by atoms with van der Waals surface area (Å²) in [5.74, 6) is 1.68. The molecule has 0 amide bonds. The van der Waals surface area contributed by atoms with Crippen LogP contribution >= 0.6 is 27.3 Å². The third kappa shape index (κ3) is 2.85. The average Bonchev–Trinajstić information content (AvgIpc) is 2.75. The molecule has 1 unspecified atom stereocenters. The normalized spacial score (nSPS) is 15.7. The van der Waals surface area contributed by atoms with Gasteiger partial charge in [0, 0.05) is 11.3 Å². The van der Waals surface area contributed by atoms with E-state index in [4.69, 9.17) is 9.47 Å². The smallest absolute Gasteiger partial charge is 0.161 e. The summed E-state index contributed by atoms with van der Waals surface area (Å²) in [5.41, 5.74) is 1.19. The van der Waals surface area contributed by atoms with Crippen LogP contribution in [0.4, 0.5) is 0 Å². The molecule has 0 saturated carbocycles. The van der Waals surface area contributed by atoms with Gasteiger partial charge in [-0.1, -0.05) is 6.07 Å². The van der Waals surface area contributed by atoms with Crippen LogP contribution < -0.4 is 14.8 Å². The Labute approximate surface area is 131 Å². The van der Waals surface area contributed by atoms with Crippen LogP contribution in [0.25, 0.3) is 0 Å². The van der Waals surface area contributed by atoms with Crippen LogP contribution in [0.2, 0.25) is 0 Å². The van der Waals surface area contributed by atoms with Crippen molar-refractivity contribution in [2.45, 2.75) is 12.5 Å². The molecule has 106 valence electrons. The van der Waals surface area contributed by atoms with E-state index in [0.717, 1.165) is 28.3 Å². The van der Waals surface area contributed by atoms with E-state index in [1.165, 1.54) is 10.4 Å². The monoisotopic (exact) mass is 353 g/mol. The summed E-state index contributed by atoms with van der Waals surface area (Å²) in [6, 6.07) is 10.6. The molecule has 5 heteroatoms. The molecule has 1 aliphatic rings. The Balaban J connectivity index is 1.94. The third-order valence-corrected chi connectivity index (χ3v) is 4.96. The molecule has 0 saturated heterocycles. The maximum absolute atomic E-state index is 5.77. The largest absolute Gasteiger partial charge is 0.490 e. The number of ether oxygens (including phenoxy) is 2. The molecule has 0 fully saturated rings. The van der Waals surface area contributed by atoms with Crippen LogP contribution in [0, 0.1) is 0 Å². The van der Waals surface area contributed by atoms with Crippen LogP contribution in [-0.2, 0) is 0 Å². The van der Waals surface area contributed by atoms with Crippen molar-refractivity contribution in [1.29, 1.82) is 0 Å². The highest BCUT2D eigenvalue weighted by atomic mass is 79.9. The van der Waals surface area contributed by atoms with E-state index in [0.29, 0.717) is 6.61 Å². The molecule has 2 heterocycles. The number of halogens is 1. The second-order valence-corrected chi connectivity index (χ2v) is 7.11. The minimum absolute atomic E-state index is 0.170. The lowest BCUT2D eigenvalue weighted by atomic mass is 10.0. The molecule has 0 spiro atoms. The summed E-state index contributed by atoms with van der Waals surface area (Å²) >= 11 is 5.26. The lowest BCUT2D eigenvalue weighted by molar-refractivity contribution is 0.297. The van der Waals surface area contributed by atoms with Crippen LogP contribution in [0.15, 0.2) is 34.1 Å². The molecule has 1 atom stereocenters. The van der Waals surface area contributed by atoms with Gasteiger partial charge in [0.15, 0.2) is 11.5 Å². The lowest BCUT2D eigenvalue weighted by Crippen LogP contribution is -2.16. The van der Waals surface area contributed by atoms with Crippen LogP contribution in [0.1, 0.15) is 22.9 Å². The van der Waals surface area contributed by atoms with Gasteiger partial charge in [-0.05, 0) is 52.8 Å². The molecule has 0 bridgehead atoms. The van der Waals surface area contributed by atoms with E-state index in [1.807, 2.05) is 13.1 Å². The van der Waals surface area contributed by atoms with Crippen LogP contribution in [-0.4, -0.2) is 20.3 Å². The van der Waals surface area contributed by atoms with Crippen molar-refractivity contribution < 1.29 is 9.47 Å². The summed E-state index contributed by atoms with van der Waals surface area (Å²) in [7, 11) is 1.97. The fourth-order valence-corrected chi connectivity index (χ4v) is 3.88. The van der Waals surface area contributed by atoms with Gasteiger partial charge in [0.25, 0.3) is 0 Å². The van der Waals surface area contributed by atoms with E-state index >= 15 is 0 Å². The standard InChI is InChI=1S/C15H16BrNO2S/c1-17-15(13-5-6-14(16)20-13)10-3-4-11-12(9-10)19-8-2-7-18-11/h3-6,9,15,17H,2,7-8H2,1H3. The first kappa shape index (κ1) is 13.9. The summed E-state index contributed by atoms with van der Waals surface area (Å²) in [6.07, 6.45) is 0.928. The molecule has 1 aromatic carbocycles. The molecule has 0 aliphatic carbocycles. The van der Waals surface area contributed by atoms with Crippen molar-refractivity contribution in [2.75, 3.05) is 20.3 Å². The minimum atomic E-state index is 0.170. The van der Waals surface area contributed by atoms with E-state index < -0.39 is 0 Å². The third-order valence-electron chi connectivity index (χ3n) is 3.27. The average molecular weight is 354 g/mol. The minimum Gasteiger partial charge on any atom is -0.490 e. The maximum atomic E-state index is 5.77. The van der Waals surface area contributed by atoms with E-state index in [9.17, 15) is 0 Å². The van der Waals surface area contributed by atoms with Crippen molar-refractivity contribution in [3.63, 3.8) is 0 Å². The van der Waals surface area contributed by atoms with Gasteiger partial charge in [-0.2, -0.15) is 0 Å². The fraction of sp³-hybridized carbons (Fsp3) is 0.333. The molecular formula is C15H16BrNO2S. The zero-order valence-electron chi connectivity index (χ0n) is 11.2. The molecule has 2 aromatic rings. The number of rotatable bonds is 3. The van der Waals surface area contributed by atoms with Gasteiger partial charge < -0.3 is 14.8 Å². The Morgan fingerprint density at radius 3 is 2.65 bits per heavy atom. The second-order valence-electron chi connectivity index (χ2n) is 4.62.